The molecule has 0 aliphatic rings. The van der Waals surface area contributed by atoms with E-state index in [-0.39, 0.29) is 18.8 Å². The first-order chi connectivity index (χ1) is 7.97. The minimum Gasteiger partial charge on any atom is -0.394 e. The highest BCUT2D eigenvalue weighted by Gasteiger charge is 2.08. The summed E-state index contributed by atoms with van der Waals surface area (Å²) < 4.78 is 10.2. The third-order valence-electron chi connectivity index (χ3n) is 1.75. The molecule has 0 unspecified atom stereocenters. The lowest BCUT2D eigenvalue weighted by Crippen LogP contribution is -2.19. The van der Waals surface area contributed by atoms with Gasteiger partial charge in [-0.25, -0.2) is 0 Å². The monoisotopic (exact) mass is 250 g/mol. The summed E-state index contributed by atoms with van der Waals surface area (Å²) in [4.78, 5) is 0. The predicted molar refractivity (Wildman–Crippen MR) is 70.2 cm³/mol. The standard InChI is InChI=1S/C9H20O.C4H10O3/c1-5-6-7-8-10-9(2,3)4;5-1-3-7-4-2-6/h5-8H2,1-4H3;5-6H,1-4H2. The number of hydrogen-bond donors (Lipinski definition) is 2. The van der Waals surface area contributed by atoms with Crippen molar-refractivity contribution >= 4 is 0 Å². The van der Waals surface area contributed by atoms with Gasteiger partial charge in [-0.1, -0.05) is 19.8 Å². The third-order valence-corrected chi connectivity index (χ3v) is 1.75. The molecule has 4 heteroatoms. The summed E-state index contributed by atoms with van der Waals surface area (Å²) in [6.45, 7) is 10.1. The fourth-order valence-electron chi connectivity index (χ4n) is 0.962. The second-order valence-corrected chi connectivity index (χ2v) is 4.73. The number of aliphatic hydroxyl groups excluding tert-OH is 2. The molecule has 106 valence electrons. The van der Waals surface area contributed by atoms with Crippen LogP contribution in [0.1, 0.15) is 47.0 Å². The molecule has 4 nitrogen and oxygen atoms in total. The summed E-state index contributed by atoms with van der Waals surface area (Å²) in [7, 11) is 0. The van der Waals surface area contributed by atoms with Gasteiger partial charge in [-0.2, -0.15) is 0 Å². The molecule has 17 heavy (non-hydrogen) atoms. The Hall–Kier alpha value is -0.160. The summed E-state index contributed by atoms with van der Waals surface area (Å²) in [5.74, 6) is 0. The van der Waals surface area contributed by atoms with Gasteiger partial charge in [0.1, 0.15) is 0 Å². The Morgan fingerprint density at radius 3 is 1.76 bits per heavy atom. The Bertz CT molecular complexity index is 128. The summed E-state index contributed by atoms with van der Waals surface area (Å²) in [5, 5.41) is 16.2. The van der Waals surface area contributed by atoms with E-state index in [1.54, 1.807) is 0 Å². The zero-order chi connectivity index (χ0) is 13.6. The van der Waals surface area contributed by atoms with E-state index in [0.29, 0.717) is 13.2 Å². The van der Waals surface area contributed by atoms with Gasteiger partial charge in [-0.05, 0) is 27.2 Å². The molecule has 0 rings (SSSR count). The zero-order valence-electron chi connectivity index (χ0n) is 11.9. The van der Waals surface area contributed by atoms with Crippen LogP contribution < -0.4 is 0 Å². The average molecular weight is 250 g/mol. The van der Waals surface area contributed by atoms with Crippen molar-refractivity contribution < 1.29 is 19.7 Å². The quantitative estimate of drug-likeness (QED) is 0.647. The fraction of sp³-hybridized carbons (Fsp3) is 1.00. The van der Waals surface area contributed by atoms with Crippen LogP contribution in [0.5, 0.6) is 0 Å². The van der Waals surface area contributed by atoms with Gasteiger partial charge in [0.2, 0.25) is 0 Å². The van der Waals surface area contributed by atoms with Crippen molar-refractivity contribution in [3.8, 4) is 0 Å². The van der Waals surface area contributed by atoms with Crippen LogP contribution in [-0.4, -0.2) is 48.8 Å². The lowest BCUT2D eigenvalue weighted by atomic mass is 10.2. The molecule has 2 N–H and O–H groups in total. The van der Waals surface area contributed by atoms with Crippen molar-refractivity contribution in [3.63, 3.8) is 0 Å². The molecule has 0 bridgehead atoms. The molecule has 0 spiro atoms. The van der Waals surface area contributed by atoms with E-state index < -0.39 is 0 Å². The Morgan fingerprint density at radius 1 is 0.882 bits per heavy atom. The van der Waals surface area contributed by atoms with Crippen molar-refractivity contribution in [2.24, 2.45) is 0 Å². The van der Waals surface area contributed by atoms with E-state index in [9.17, 15) is 0 Å². The van der Waals surface area contributed by atoms with Crippen LogP contribution in [0.2, 0.25) is 0 Å². The Balaban J connectivity index is 0. The lowest BCUT2D eigenvalue weighted by Gasteiger charge is -2.19. The highest BCUT2D eigenvalue weighted by Crippen LogP contribution is 2.07. The first-order valence-electron chi connectivity index (χ1n) is 6.41. The van der Waals surface area contributed by atoms with E-state index in [1.165, 1.54) is 19.3 Å². The number of rotatable bonds is 8. The Kier molecular flexibility index (Phi) is 15.7. The lowest BCUT2D eigenvalue weighted by molar-refractivity contribution is -0.00460. The van der Waals surface area contributed by atoms with Crippen molar-refractivity contribution in [1.29, 1.82) is 0 Å². The predicted octanol–water partition coefficient (Wildman–Crippen LogP) is 1.98. The molecular formula is C13H30O4. The maximum atomic E-state index is 8.09. The normalized spacial score (nSPS) is 10.9. The van der Waals surface area contributed by atoms with Gasteiger partial charge in [0.05, 0.1) is 32.0 Å². The molecule has 0 saturated heterocycles. The molecular weight excluding hydrogens is 220 g/mol. The maximum Gasteiger partial charge on any atom is 0.0698 e. The first kappa shape index (κ1) is 19.2. The van der Waals surface area contributed by atoms with Gasteiger partial charge < -0.3 is 19.7 Å². The molecule has 0 heterocycles. The Morgan fingerprint density at radius 2 is 1.41 bits per heavy atom. The van der Waals surface area contributed by atoms with Gasteiger partial charge in [-0.15, -0.1) is 0 Å². The van der Waals surface area contributed by atoms with Crippen LogP contribution in [0, 0.1) is 0 Å². The topological polar surface area (TPSA) is 58.9 Å². The fourth-order valence-corrected chi connectivity index (χ4v) is 0.962. The second-order valence-electron chi connectivity index (χ2n) is 4.73. The zero-order valence-corrected chi connectivity index (χ0v) is 11.9. The van der Waals surface area contributed by atoms with Crippen LogP contribution in [0.4, 0.5) is 0 Å². The van der Waals surface area contributed by atoms with E-state index in [4.69, 9.17) is 14.9 Å². The van der Waals surface area contributed by atoms with Crippen molar-refractivity contribution in [2.45, 2.75) is 52.6 Å². The van der Waals surface area contributed by atoms with Crippen molar-refractivity contribution in [2.75, 3.05) is 33.0 Å². The van der Waals surface area contributed by atoms with Crippen LogP contribution in [0.15, 0.2) is 0 Å². The molecule has 0 atom stereocenters. The smallest absolute Gasteiger partial charge is 0.0698 e. The van der Waals surface area contributed by atoms with Gasteiger partial charge in [0, 0.05) is 6.61 Å². The molecule has 0 aromatic rings. The van der Waals surface area contributed by atoms with Crippen LogP contribution in [0.3, 0.4) is 0 Å². The molecule has 0 amide bonds. The van der Waals surface area contributed by atoms with Crippen LogP contribution in [-0.2, 0) is 9.47 Å². The highest BCUT2D eigenvalue weighted by atomic mass is 16.5. The summed E-state index contributed by atoms with van der Waals surface area (Å²) in [5.41, 5.74) is 0.0493. The number of hydrogen-bond acceptors (Lipinski definition) is 4. The van der Waals surface area contributed by atoms with Gasteiger partial charge in [-0.3, -0.25) is 0 Å². The van der Waals surface area contributed by atoms with E-state index in [0.717, 1.165) is 6.61 Å². The molecule has 0 aromatic heterocycles. The molecule has 0 radical (unpaired) electrons. The van der Waals surface area contributed by atoms with E-state index >= 15 is 0 Å². The van der Waals surface area contributed by atoms with E-state index in [2.05, 4.69) is 32.4 Å². The number of aliphatic hydroxyl groups is 2. The summed E-state index contributed by atoms with van der Waals surface area (Å²) in [6.07, 6.45) is 3.76. The average Bonchev–Trinajstić information content (AvgIpc) is 2.25. The highest BCUT2D eigenvalue weighted by molar-refractivity contribution is 4.58. The summed E-state index contributed by atoms with van der Waals surface area (Å²) >= 11 is 0. The third kappa shape index (κ3) is 25.8. The summed E-state index contributed by atoms with van der Waals surface area (Å²) in [6, 6.07) is 0. The molecule has 0 fully saturated rings. The largest absolute Gasteiger partial charge is 0.394 e. The molecule has 0 aromatic carbocycles. The van der Waals surface area contributed by atoms with E-state index in [1.807, 2.05) is 0 Å². The number of ether oxygens (including phenoxy) is 2. The van der Waals surface area contributed by atoms with Gasteiger partial charge in [0.25, 0.3) is 0 Å². The van der Waals surface area contributed by atoms with Gasteiger partial charge in [0.15, 0.2) is 0 Å². The van der Waals surface area contributed by atoms with Crippen LogP contribution >= 0.6 is 0 Å². The van der Waals surface area contributed by atoms with Crippen molar-refractivity contribution in [3.05, 3.63) is 0 Å². The second kappa shape index (κ2) is 13.9. The minimum atomic E-state index is 0.0278. The Labute approximate surface area is 106 Å². The molecule has 0 aliphatic heterocycles. The number of unbranched alkanes of at least 4 members (excludes halogenated alkanes) is 2. The first-order valence-corrected chi connectivity index (χ1v) is 6.41. The van der Waals surface area contributed by atoms with Gasteiger partial charge >= 0.3 is 0 Å². The van der Waals surface area contributed by atoms with Crippen molar-refractivity contribution in [1.82, 2.24) is 0 Å². The maximum absolute atomic E-state index is 8.09. The van der Waals surface area contributed by atoms with Crippen LogP contribution in [0.25, 0.3) is 0 Å². The SMILES string of the molecule is CCCCCOC(C)(C)C.OCCOCCO. The molecule has 0 saturated carbocycles. The molecule has 0 aliphatic carbocycles. The minimum absolute atomic E-state index is 0.0278.